The van der Waals surface area contributed by atoms with Gasteiger partial charge < -0.3 is 10.6 Å². The summed E-state index contributed by atoms with van der Waals surface area (Å²) in [6.45, 7) is 4.70. The molecule has 0 radical (unpaired) electrons. The fourth-order valence-electron chi connectivity index (χ4n) is 2.56. The zero-order chi connectivity index (χ0) is 14.7. The summed E-state index contributed by atoms with van der Waals surface area (Å²) < 4.78 is 28.6. The van der Waals surface area contributed by atoms with Crippen molar-refractivity contribution in [3.63, 3.8) is 0 Å². The number of halogens is 2. The first-order valence-electron chi connectivity index (χ1n) is 7.56. The number of benzene rings is 1. The smallest absolute Gasteiger partial charge is 0.149 e. The Morgan fingerprint density at radius 2 is 1.85 bits per heavy atom. The lowest BCUT2D eigenvalue weighted by molar-refractivity contribution is 0.559. The molecule has 1 aliphatic rings. The molecule has 0 amide bonds. The topological polar surface area (TPSA) is 29.3 Å². The normalized spacial score (nSPS) is 16.2. The van der Waals surface area contributed by atoms with Gasteiger partial charge in [0.2, 0.25) is 0 Å². The third-order valence-corrected chi connectivity index (χ3v) is 3.84. The van der Waals surface area contributed by atoms with Crippen molar-refractivity contribution < 1.29 is 8.78 Å². The molecule has 0 aliphatic heterocycles. The number of anilines is 1. The summed E-state index contributed by atoms with van der Waals surface area (Å²) >= 11 is 0. The highest BCUT2D eigenvalue weighted by atomic mass is 19.1. The summed E-state index contributed by atoms with van der Waals surface area (Å²) in [4.78, 5) is 1.88. The largest absolute Gasteiger partial charge is 0.364 e. The van der Waals surface area contributed by atoms with Crippen LogP contribution in [0.3, 0.4) is 0 Å². The Hall–Kier alpha value is -1.16. The van der Waals surface area contributed by atoms with Crippen LogP contribution < -0.4 is 10.6 Å². The van der Waals surface area contributed by atoms with Crippen LogP contribution in [0.15, 0.2) is 12.1 Å². The van der Waals surface area contributed by atoms with E-state index in [-0.39, 0.29) is 11.7 Å². The summed E-state index contributed by atoms with van der Waals surface area (Å²) in [5, 5.41) is 0. The Morgan fingerprint density at radius 1 is 1.25 bits per heavy atom. The molecule has 1 unspecified atom stereocenters. The van der Waals surface area contributed by atoms with Gasteiger partial charge >= 0.3 is 0 Å². The molecule has 2 N–H and O–H groups in total. The predicted octanol–water partition coefficient (Wildman–Crippen LogP) is 3.62. The van der Waals surface area contributed by atoms with Crippen molar-refractivity contribution in [3.05, 3.63) is 29.3 Å². The highest BCUT2D eigenvalue weighted by Gasteiger charge is 2.32. The molecule has 1 atom stereocenters. The summed E-state index contributed by atoms with van der Waals surface area (Å²) in [5.74, 6) is -0.910. The lowest BCUT2D eigenvalue weighted by atomic mass is 10.0. The fourth-order valence-corrected chi connectivity index (χ4v) is 2.56. The van der Waals surface area contributed by atoms with Crippen LogP contribution in [0.1, 0.15) is 45.1 Å². The van der Waals surface area contributed by atoms with Gasteiger partial charge in [-0.3, -0.25) is 0 Å². The third-order valence-electron chi connectivity index (χ3n) is 3.84. The molecule has 0 bridgehead atoms. The number of rotatable bonds is 7. The average molecular weight is 282 g/mol. The van der Waals surface area contributed by atoms with E-state index in [1.807, 2.05) is 18.7 Å². The standard InChI is InChI=1S/C16H24F2N2/c1-3-7-20(13-5-6-13)16-14(17)9-11(10-15(16)18)8-12(19)4-2/h9-10,12-13H,3-8,19H2,1-2H3. The first-order chi connectivity index (χ1) is 9.56. The molecular formula is C16H24F2N2. The molecule has 4 heteroatoms. The molecule has 1 aromatic carbocycles. The molecule has 0 saturated heterocycles. The molecule has 20 heavy (non-hydrogen) atoms. The molecular weight excluding hydrogens is 258 g/mol. The van der Waals surface area contributed by atoms with Crippen molar-refractivity contribution in [1.29, 1.82) is 0 Å². The Kier molecular flexibility index (Phi) is 4.97. The SMILES string of the molecule is CCCN(c1c(F)cc(CC(N)CC)cc1F)C1CC1. The average Bonchev–Trinajstić information content (AvgIpc) is 3.21. The summed E-state index contributed by atoms with van der Waals surface area (Å²) in [6.07, 6.45) is 4.26. The zero-order valence-corrected chi connectivity index (χ0v) is 12.3. The second-order valence-electron chi connectivity index (χ2n) is 5.71. The summed E-state index contributed by atoms with van der Waals surface area (Å²) in [6, 6.07) is 3.15. The van der Waals surface area contributed by atoms with Gasteiger partial charge in [0.1, 0.15) is 17.3 Å². The Morgan fingerprint density at radius 3 is 2.30 bits per heavy atom. The number of nitrogens with zero attached hydrogens (tertiary/aromatic N) is 1. The Balaban J connectivity index is 2.25. The maximum atomic E-state index is 14.3. The first kappa shape index (κ1) is 15.2. The molecule has 1 aromatic rings. The van der Waals surface area contributed by atoms with E-state index < -0.39 is 11.6 Å². The van der Waals surface area contributed by atoms with E-state index in [0.29, 0.717) is 24.6 Å². The predicted molar refractivity (Wildman–Crippen MR) is 79.0 cm³/mol. The number of hydrogen-bond acceptors (Lipinski definition) is 2. The summed E-state index contributed by atoms with van der Waals surface area (Å²) in [7, 11) is 0. The van der Waals surface area contributed by atoms with Crippen LogP contribution >= 0.6 is 0 Å². The monoisotopic (exact) mass is 282 g/mol. The van der Waals surface area contributed by atoms with E-state index in [9.17, 15) is 8.78 Å². The van der Waals surface area contributed by atoms with Gasteiger partial charge in [0, 0.05) is 18.6 Å². The number of nitrogens with two attached hydrogens (primary N) is 1. The second-order valence-corrected chi connectivity index (χ2v) is 5.71. The Labute approximate surface area is 120 Å². The van der Waals surface area contributed by atoms with Gasteiger partial charge in [0.05, 0.1) is 0 Å². The highest BCUT2D eigenvalue weighted by molar-refractivity contribution is 5.52. The van der Waals surface area contributed by atoms with Gasteiger partial charge in [-0.1, -0.05) is 13.8 Å². The highest BCUT2D eigenvalue weighted by Crippen LogP contribution is 2.35. The summed E-state index contributed by atoms with van der Waals surface area (Å²) in [5.41, 5.74) is 6.64. The minimum absolute atomic E-state index is 0.0465. The molecule has 2 rings (SSSR count). The molecule has 112 valence electrons. The first-order valence-corrected chi connectivity index (χ1v) is 7.56. The van der Waals surface area contributed by atoms with E-state index in [0.717, 1.165) is 25.7 Å². The van der Waals surface area contributed by atoms with Crippen LogP contribution in [0.5, 0.6) is 0 Å². The van der Waals surface area contributed by atoms with E-state index in [2.05, 4.69) is 0 Å². The lowest BCUT2D eigenvalue weighted by Gasteiger charge is -2.25. The zero-order valence-electron chi connectivity index (χ0n) is 12.3. The van der Waals surface area contributed by atoms with Gasteiger partial charge in [-0.15, -0.1) is 0 Å². The number of hydrogen-bond donors (Lipinski definition) is 1. The van der Waals surface area contributed by atoms with Crippen LogP contribution in [0, 0.1) is 11.6 Å². The molecule has 0 spiro atoms. The van der Waals surface area contributed by atoms with Gasteiger partial charge in [0.25, 0.3) is 0 Å². The minimum atomic E-state index is -0.455. The van der Waals surface area contributed by atoms with Crippen molar-refractivity contribution >= 4 is 5.69 Å². The van der Waals surface area contributed by atoms with Crippen molar-refractivity contribution in [1.82, 2.24) is 0 Å². The van der Waals surface area contributed by atoms with Crippen molar-refractivity contribution in [2.45, 2.75) is 58.0 Å². The van der Waals surface area contributed by atoms with E-state index in [1.165, 1.54) is 12.1 Å². The van der Waals surface area contributed by atoms with Gasteiger partial charge in [0.15, 0.2) is 0 Å². The van der Waals surface area contributed by atoms with E-state index in [1.54, 1.807) is 0 Å². The maximum Gasteiger partial charge on any atom is 0.149 e. The third kappa shape index (κ3) is 3.48. The van der Waals surface area contributed by atoms with E-state index in [4.69, 9.17) is 5.73 Å². The Bertz CT molecular complexity index is 435. The maximum absolute atomic E-state index is 14.3. The second kappa shape index (κ2) is 6.53. The van der Waals surface area contributed by atoms with Crippen LogP contribution in [-0.2, 0) is 6.42 Å². The van der Waals surface area contributed by atoms with Crippen LogP contribution in [-0.4, -0.2) is 18.6 Å². The molecule has 2 nitrogen and oxygen atoms in total. The van der Waals surface area contributed by atoms with Crippen LogP contribution in [0.25, 0.3) is 0 Å². The van der Waals surface area contributed by atoms with Crippen molar-refractivity contribution in [3.8, 4) is 0 Å². The van der Waals surface area contributed by atoms with Crippen LogP contribution in [0.2, 0.25) is 0 Å². The quantitative estimate of drug-likeness (QED) is 0.827. The molecule has 1 saturated carbocycles. The van der Waals surface area contributed by atoms with Gasteiger partial charge in [-0.05, 0) is 49.8 Å². The molecule has 0 heterocycles. The lowest BCUT2D eigenvalue weighted by Crippen LogP contribution is -2.29. The molecule has 0 aromatic heterocycles. The fraction of sp³-hybridized carbons (Fsp3) is 0.625. The van der Waals surface area contributed by atoms with E-state index >= 15 is 0 Å². The van der Waals surface area contributed by atoms with Gasteiger partial charge in [-0.2, -0.15) is 0 Å². The van der Waals surface area contributed by atoms with Gasteiger partial charge in [-0.25, -0.2) is 8.78 Å². The molecule has 1 aliphatic carbocycles. The minimum Gasteiger partial charge on any atom is -0.364 e. The van der Waals surface area contributed by atoms with Crippen molar-refractivity contribution in [2.24, 2.45) is 5.73 Å². The van der Waals surface area contributed by atoms with Crippen LogP contribution in [0.4, 0.5) is 14.5 Å². The van der Waals surface area contributed by atoms with Crippen molar-refractivity contribution in [2.75, 3.05) is 11.4 Å². The molecule has 1 fully saturated rings.